The van der Waals surface area contributed by atoms with E-state index in [2.05, 4.69) is 20.6 Å². The van der Waals surface area contributed by atoms with Crippen molar-refractivity contribution in [1.29, 1.82) is 0 Å². The molecule has 0 saturated heterocycles. The number of hydrogen-bond donors (Lipinski definition) is 4. The topological polar surface area (TPSA) is 155 Å². The summed E-state index contributed by atoms with van der Waals surface area (Å²) in [4.78, 5) is 57.8. The van der Waals surface area contributed by atoms with Crippen molar-refractivity contribution in [1.82, 2.24) is 19.9 Å². The molecule has 0 radical (unpaired) electrons. The monoisotopic (exact) mass is 575 g/mol. The fourth-order valence-electron chi connectivity index (χ4n) is 4.52. The zero-order chi connectivity index (χ0) is 29.1. The largest absolute Gasteiger partial charge is 0.493 e. The molecule has 1 saturated carbocycles. The Balaban J connectivity index is 1.45. The molecule has 2 aromatic heterocycles. The van der Waals surface area contributed by atoms with Crippen LogP contribution in [0.4, 0.5) is 5.13 Å². The maximum atomic E-state index is 13.7. The van der Waals surface area contributed by atoms with Gasteiger partial charge in [-0.15, -0.1) is 11.3 Å². The van der Waals surface area contributed by atoms with E-state index in [9.17, 15) is 24.3 Å². The number of Topliss-reactive ketones (excluding diaryl/α,β-unsaturated/α-hetero) is 1. The van der Waals surface area contributed by atoms with Crippen molar-refractivity contribution >= 4 is 34.1 Å². The van der Waals surface area contributed by atoms with E-state index in [1.54, 1.807) is 36.6 Å². The number of aromatic hydroxyl groups is 1. The summed E-state index contributed by atoms with van der Waals surface area (Å²) in [5.74, 6) is -1.41. The van der Waals surface area contributed by atoms with E-state index < -0.39 is 29.4 Å². The van der Waals surface area contributed by atoms with Gasteiger partial charge in [0.15, 0.2) is 17.5 Å². The summed E-state index contributed by atoms with van der Waals surface area (Å²) in [6.07, 6.45) is 1.69. The van der Waals surface area contributed by atoms with Crippen LogP contribution in [0.25, 0.3) is 11.3 Å². The summed E-state index contributed by atoms with van der Waals surface area (Å²) >= 11 is 1.13. The van der Waals surface area contributed by atoms with E-state index in [1.165, 1.54) is 7.05 Å². The molecule has 1 aliphatic rings. The molecule has 0 spiro atoms. The normalized spacial score (nSPS) is 14.2. The van der Waals surface area contributed by atoms with Gasteiger partial charge in [-0.2, -0.15) is 0 Å². The SMILES string of the molecule is CNC(=O)COc1ccc(-c2[nH]c(=O)n([C@H](C(=O)Nc3nc(C(=O)C4CC4)cs3)[C@@H](C)c3ccccc3)c2O)cc1. The highest BCUT2D eigenvalue weighted by Crippen LogP contribution is 2.36. The summed E-state index contributed by atoms with van der Waals surface area (Å²) < 4.78 is 6.45. The second-order valence-electron chi connectivity index (χ2n) is 9.79. The van der Waals surface area contributed by atoms with E-state index in [0.29, 0.717) is 17.0 Å². The van der Waals surface area contributed by atoms with E-state index in [-0.39, 0.29) is 35.0 Å². The minimum absolute atomic E-state index is 0.00299. The summed E-state index contributed by atoms with van der Waals surface area (Å²) in [7, 11) is 1.51. The van der Waals surface area contributed by atoms with Gasteiger partial charge in [0.25, 0.3) is 5.91 Å². The number of amides is 2. The van der Waals surface area contributed by atoms with E-state index in [4.69, 9.17) is 4.74 Å². The molecule has 0 bridgehead atoms. The van der Waals surface area contributed by atoms with Crippen molar-refractivity contribution in [2.45, 2.75) is 31.7 Å². The molecular weight excluding hydrogens is 546 g/mol. The number of carbonyl (C=O) groups excluding carboxylic acids is 3. The van der Waals surface area contributed by atoms with Crippen LogP contribution >= 0.6 is 11.3 Å². The number of hydrogen-bond acceptors (Lipinski definition) is 8. The highest BCUT2D eigenvalue weighted by Gasteiger charge is 2.35. The summed E-state index contributed by atoms with van der Waals surface area (Å²) in [5.41, 5.74) is 1.01. The third-order valence-corrected chi connectivity index (χ3v) is 7.73. The number of rotatable bonds is 11. The van der Waals surface area contributed by atoms with Crippen LogP contribution in [0, 0.1) is 5.92 Å². The number of H-pyrrole nitrogens is 1. The third kappa shape index (κ3) is 6.07. The van der Waals surface area contributed by atoms with Gasteiger partial charge in [-0.05, 0) is 42.7 Å². The second-order valence-corrected chi connectivity index (χ2v) is 10.7. The molecule has 2 heterocycles. The number of aromatic nitrogens is 3. The van der Waals surface area contributed by atoms with Crippen molar-refractivity contribution in [2.75, 3.05) is 19.0 Å². The Kier molecular flexibility index (Phi) is 8.02. The average molecular weight is 576 g/mol. The van der Waals surface area contributed by atoms with Crippen molar-refractivity contribution in [2.24, 2.45) is 5.92 Å². The minimum atomic E-state index is -1.16. The molecule has 2 amide bonds. The number of ketones is 1. The molecule has 1 aliphatic carbocycles. The quantitative estimate of drug-likeness (QED) is 0.199. The average Bonchev–Trinajstić information content (AvgIpc) is 3.68. The Bertz CT molecular complexity index is 1620. The number of anilines is 1. The molecule has 2 aromatic carbocycles. The Labute approximate surface area is 239 Å². The zero-order valence-corrected chi connectivity index (χ0v) is 23.2. The first-order valence-corrected chi connectivity index (χ1v) is 14.0. The Morgan fingerprint density at radius 3 is 2.51 bits per heavy atom. The van der Waals surface area contributed by atoms with E-state index in [1.807, 2.05) is 30.3 Å². The van der Waals surface area contributed by atoms with Crippen molar-refractivity contribution < 1.29 is 24.2 Å². The Morgan fingerprint density at radius 2 is 1.85 bits per heavy atom. The number of likely N-dealkylation sites (N-methyl/N-ethyl adjacent to an activating group) is 1. The molecule has 4 aromatic rings. The maximum Gasteiger partial charge on any atom is 0.329 e. The number of ether oxygens (including phenoxy) is 1. The van der Waals surface area contributed by atoms with Crippen LogP contribution in [0.1, 0.15) is 47.8 Å². The second kappa shape index (κ2) is 11.8. The van der Waals surface area contributed by atoms with Crippen molar-refractivity contribution in [3.8, 4) is 22.9 Å². The summed E-state index contributed by atoms with van der Waals surface area (Å²) in [6.45, 7) is 1.64. The van der Waals surface area contributed by atoms with Gasteiger partial charge in [-0.1, -0.05) is 37.3 Å². The lowest BCUT2D eigenvalue weighted by Crippen LogP contribution is -2.35. The Morgan fingerprint density at radius 1 is 1.15 bits per heavy atom. The number of imidazole rings is 1. The number of thiazole rings is 1. The van der Waals surface area contributed by atoms with E-state index in [0.717, 1.165) is 34.3 Å². The number of nitrogens with one attached hydrogen (secondary N) is 3. The van der Waals surface area contributed by atoms with Gasteiger partial charge in [0, 0.05) is 29.8 Å². The molecule has 0 aliphatic heterocycles. The lowest BCUT2D eigenvalue weighted by atomic mass is 9.92. The van der Waals surface area contributed by atoms with Crippen LogP contribution in [0.3, 0.4) is 0 Å². The molecule has 1 fully saturated rings. The van der Waals surface area contributed by atoms with Gasteiger partial charge in [-0.25, -0.2) is 14.3 Å². The maximum absolute atomic E-state index is 13.7. The molecule has 41 heavy (non-hydrogen) atoms. The first-order chi connectivity index (χ1) is 19.8. The lowest BCUT2D eigenvalue weighted by molar-refractivity contribution is -0.122. The first kappa shape index (κ1) is 27.8. The predicted molar refractivity (Wildman–Crippen MR) is 153 cm³/mol. The molecule has 11 nitrogen and oxygen atoms in total. The summed E-state index contributed by atoms with van der Waals surface area (Å²) in [6, 6.07) is 14.5. The van der Waals surface area contributed by atoms with Crippen molar-refractivity contribution in [3.05, 3.63) is 81.7 Å². The molecule has 212 valence electrons. The highest BCUT2D eigenvalue weighted by molar-refractivity contribution is 7.14. The molecule has 2 atom stereocenters. The van der Waals surface area contributed by atoms with Crippen LogP contribution in [-0.4, -0.2) is 50.9 Å². The lowest BCUT2D eigenvalue weighted by Gasteiger charge is -2.24. The van der Waals surface area contributed by atoms with Gasteiger partial charge in [0.2, 0.25) is 11.8 Å². The van der Waals surface area contributed by atoms with Gasteiger partial charge >= 0.3 is 5.69 Å². The number of benzene rings is 2. The molecule has 0 unspecified atom stereocenters. The minimum Gasteiger partial charge on any atom is -0.493 e. The van der Waals surface area contributed by atoms with Crippen LogP contribution in [-0.2, 0) is 9.59 Å². The zero-order valence-electron chi connectivity index (χ0n) is 22.4. The van der Waals surface area contributed by atoms with Gasteiger partial charge < -0.3 is 25.5 Å². The van der Waals surface area contributed by atoms with Crippen LogP contribution in [0.5, 0.6) is 11.6 Å². The smallest absolute Gasteiger partial charge is 0.329 e. The molecule has 12 heteroatoms. The van der Waals surface area contributed by atoms with Gasteiger partial charge in [0.05, 0.1) is 0 Å². The van der Waals surface area contributed by atoms with Crippen LogP contribution in [0.15, 0.2) is 64.8 Å². The third-order valence-electron chi connectivity index (χ3n) is 6.97. The molecule has 4 N–H and O–H groups in total. The van der Waals surface area contributed by atoms with E-state index >= 15 is 0 Å². The predicted octanol–water partition coefficient (Wildman–Crippen LogP) is 3.71. The number of nitrogens with zero attached hydrogens (tertiary/aromatic N) is 2. The van der Waals surface area contributed by atoms with Crippen LogP contribution in [0.2, 0.25) is 0 Å². The number of carbonyl (C=O) groups is 3. The first-order valence-electron chi connectivity index (χ1n) is 13.1. The van der Waals surface area contributed by atoms with Gasteiger partial charge in [-0.3, -0.25) is 14.4 Å². The Hall–Kier alpha value is -4.71. The standard InChI is InChI=1S/C29H29N5O6S/c1-16(17-6-4-3-5-7-17)24(26(37)33-28-31-21(15-41-28)25(36)19-8-9-19)34-27(38)23(32-29(34)39)18-10-12-20(13-11-18)40-14-22(35)30-2/h3-7,10-13,15-16,19,24,38H,8-9,14H2,1-2H3,(H,30,35)(H,32,39)(H,31,33,37)/t16-,24-/m0/s1. The summed E-state index contributed by atoms with van der Waals surface area (Å²) in [5, 5.41) is 18.3. The fourth-order valence-corrected chi connectivity index (χ4v) is 5.23. The number of aromatic amines is 1. The van der Waals surface area contributed by atoms with Gasteiger partial charge in [0.1, 0.15) is 23.2 Å². The molecule has 5 rings (SSSR count). The highest BCUT2D eigenvalue weighted by atomic mass is 32.1. The van der Waals surface area contributed by atoms with Crippen molar-refractivity contribution in [3.63, 3.8) is 0 Å². The van der Waals surface area contributed by atoms with Crippen LogP contribution < -0.4 is 21.1 Å². The molecular formula is C29H29N5O6S. The fraction of sp³-hybridized carbons (Fsp3) is 0.276.